The van der Waals surface area contributed by atoms with E-state index in [1.807, 2.05) is 54.6 Å². The molecule has 0 unspecified atom stereocenters. The lowest BCUT2D eigenvalue weighted by Gasteiger charge is -2.08. The molecule has 0 atom stereocenters. The molecule has 1 aliphatic rings. The van der Waals surface area contributed by atoms with E-state index < -0.39 is 0 Å². The summed E-state index contributed by atoms with van der Waals surface area (Å²) >= 11 is 0. The molecular weight excluding hydrogens is 354 g/mol. The van der Waals surface area contributed by atoms with Crippen molar-refractivity contribution < 1.29 is 19.0 Å². The minimum atomic E-state index is -0.145. The van der Waals surface area contributed by atoms with E-state index in [2.05, 4.69) is 5.32 Å². The summed E-state index contributed by atoms with van der Waals surface area (Å²) in [6.07, 6.45) is 0. The smallest absolute Gasteiger partial charge is 0.251 e. The van der Waals surface area contributed by atoms with Gasteiger partial charge in [-0.2, -0.15) is 0 Å². The van der Waals surface area contributed by atoms with Crippen LogP contribution >= 0.6 is 0 Å². The second-order valence-electron chi connectivity index (χ2n) is 6.55. The highest BCUT2D eigenvalue weighted by Crippen LogP contribution is 2.32. The molecule has 3 aromatic rings. The van der Waals surface area contributed by atoms with E-state index in [-0.39, 0.29) is 12.7 Å². The van der Waals surface area contributed by atoms with Crippen LogP contribution in [0.5, 0.6) is 11.5 Å². The molecule has 5 nitrogen and oxygen atoms in total. The van der Waals surface area contributed by atoms with Crippen LogP contribution in [-0.2, 0) is 24.5 Å². The summed E-state index contributed by atoms with van der Waals surface area (Å²) in [7, 11) is 0. The van der Waals surface area contributed by atoms with Crippen molar-refractivity contribution in [2.75, 3.05) is 6.79 Å². The van der Waals surface area contributed by atoms with Gasteiger partial charge in [-0.3, -0.25) is 4.79 Å². The Labute approximate surface area is 163 Å². The van der Waals surface area contributed by atoms with Gasteiger partial charge in [0.1, 0.15) is 0 Å². The molecule has 0 aliphatic carbocycles. The molecule has 0 fully saturated rings. The third-order valence-electron chi connectivity index (χ3n) is 4.49. The number of carbonyl (C=O) groups is 1. The van der Waals surface area contributed by atoms with Gasteiger partial charge < -0.3 is 19.5 Å². The zero-order chi connectivity index (χ0) is 19.2. The number of carbonyl (C=O) groups excluding carboxylic acids is 1. The van der Waals surface area contributed by atoms with Gasteiger partial charge in [-0.15, -0.1) is 0 Å². The zero-order valence-corrected chi connectivity index (χ0v) is 15.4. The fourth-order valence-electron chi connectivity index (χ4n) is 2.94. The maximum Gasteiger partial charge on any atom is 0.251 e. The molecular formula is C23H21NO4. The summed E-state index contributed by atoms with van der Waals surface area (Å²) in [5, 5.41) is 2.92. The maximum absolute atomic E-state index is 12.3. The van der Waals surface area contributed by atoms with Crippen LogP contribution in [0.1, 0.15) is 27.0 Å². The molecule has 0 radical (unpaired) electrons. The fourth-order valence-corrected chi connectivity index (χ4v) is 2.94. The Kier molecular flexibility index (Phi) is 5.54. The Bertz CT molecular complexity index is 939. The molecule has 5 heteroatoms. The highest BCUT2D eigenvalue weighted by atomic mass is 16.7. The van der Waals surface area contributed by atoms with Crippen molar-refractivity contribution in [1.82, 2.24) is 5.32 Å². The van der Waals surface area contributed by atoms with Gasteiger partial charge in [-0.1, -0.05) is 54.6 Å². The van der Waals surface area contributed by atoms with Crippen LogP contribution < -0.4 is 14.8 Å². The van der Waals surface area contributed by atoms with E-state index in [1.165, 1.54) is 0 Å². The molecule has 0 saturated heterocycles. The van der Waals surface area contributed by atoms with Crippen LogP contribution in [0.3, 0.4) is 0 Å². The fraction of sp³-hybridized carbons (Fsp3) is 0.174. The lowest BCUT2D eigenvalue weighted by molar-refractivity contribution is 0.0950. The van der Waals surface area contributed by atoms with E-state index >= 15 is 0 Å². The summed E-state index contributed by atoms with van der Waals surface area (Å²) in [5.74, 6) is 1.13. The Morgan fingerprint density at radius 2 is 1.50 bits per heavy atom. The average Bonchev–Trinajstić information content (AvgIpc) is 3.21. The number of hydrogen-bond acceptors (Lipinski definition) is 4. The number of rotatable bonds is 7. The molecule has 0 bridgehead atoms. The van der Waals surface area contributed by atoms with Crippen molar-refractivity contribution >= 4 is 5.91 Å². The molecule has 3 aromatic carbocycles. The summed E-state index contributed by atoms with van der Waals surface area (Å²) in [4.78, 5) is 12.3. The summed E-state index contributed by atoms with van der Waals surface area (Å²) in [5.41, 5.74) is 3.84. The van der Waals surface area contributed by atoms with Gasteiger partial charge in [-0.25, -0.2) is 0 Å². The summed E-state index contributed by atoms with van der Waals surface area (Å²) in [6.45, 7) is 1.80. The molecule has 1 amide bonds. The minimum Gasteiger partial charge on any atom is -0.454 e. The first kappa shape index (κ1) is 18.1. The van der Waals surface area contributed by atoms with Gasteiger partial charge in [0.25, 0.3) is 5.91 Å². The van der Waals surface area contributed by atoms with Crippen LogP contribution in [0.25, 0.3) is 0 Å². The second kappa shape index (κ2) is 8.59. The first-order chi connectivity index (χ1) is 13.8. The normalized spacial score (nSPS) is 12.0. The van der Waals surface area contributed by atoms with Crippen LogP contribution in [0.4, 0.5) is 0 Å². The predicted molar refractivity (Wildman–Crippen MR) is 105 cm³/mol. The van der Waals surface area contributed by atoms with Crippen LogP contribution in [-0.4, -0.2) is 12.7 Å². The van der Waals surface area contributed by atoms with Gasteiger partial charge in [0.2, 0.25) is 6.79 Å². The van der Waals surface area contributed by atoms with Crippen molar-refractivity contribution in [2.24, 2.45) is 0 Å². The van der Waals surface area contributed by atoms with E-state index in [1.54, 1.807) is 18.2 Å². The average molecular weight is 375 g/mol. The molecule has 1 N–H and O–H groups in total. The maximum atomic E-state index is 12.3. The summed E-state index contributed by atoms with van der Waals surface area (Å²) < 4.78 is 16.3. The molecule has 0 aromatic heterocycles. The van der Waals surface area contributed by atoms with E-state index in [0.29, 0.717) is 36.8 Å². The van der Waals surface area contributed by atoms with Crippen LogP contribution in [0.2, 0.25) is 0 Å². The van der Waals surface area contributed by atoms with Gasteiger partial charge in [0.15, 0.2) is 11.5 Å². The van der Waals surface area contributed by atoms with Crippen molar-refractivity contribution in [3.05, 3.63) is 95.1 Å². The van der Waals surface area contributed by atoms with Crippen molar-refractivity contribution in [2.45, 2.75) is 19.8 Å². The molecule has 1 heterocycles. The number of ether oxygens (including phenoxy) is 3. The van der Waals surface area contributed by atoms with Crippen LogP contribution in [0.15, 0.2) is 72.8 Å². The molecule has 1 aliphatic heterocycles. The van der Waals surface area contributed by atoms with Gasteiger partial charge in [0, 0.05) is 12.1 Å². The first-order valence-electron chi connectivity index (χ1n) is 9.15. The lowest BCUT2D eigenvalue weighted by atomic mass is 10.1. The van der Waals surface area contributed by atoms with E-state index in [0.717, 1.165) is 16.7 Å². The number of amides is 1. The number of nitrogens with one attached hydrogen (secondary N) is 1. The van der Waals surface area contributed by atoms with Gasteiger partial charge in [0.05, 0.1) is 13.2 Å². The monoisotopic (exact) mass is 375 g/mol. The van der Waals surface area contributed by atoms with E-state index in [4.69, 9.17) is 14.2 Å². The Balaban J connectivity index is 1.25. The van der Waals surface area contributed by atoms with E-state index in [9.17, 15) is 4.79 Å². The predicted octanol–water partition coefficient (Wildman–Crippen LogP) is 4.06. The highest BCUT2D eigenvalue weighted by molar-refractivity contribution is 5.94. The summed E-state index contributed by atoms with van der Waals surface area (Å²) in [6, 6.07) is 23.3. The number of benzene rings is 3. The molecule has 142 valence electrons. The first-order valence-corrected chi connectivity index (χ1v) is 9.15. The zero-order valence-electron chi connectivity index (χ0n) is 15.4. The topological polar surface area (TPSA) is 56.8 Å². The Morgan fingerprint density at radius 1 is 0.821 bits per heavy atom. The second-order valence-corrected chi connectivity index (χ2v) is 6.55. The lowest BCUT2D eigenvalue weighted by Crippen LogP contribution is -2.22. The Hall–Kier alpha value is -3.31. The standard InChI is InChI=1S/C23H21NO4/c25-23(20-10-11-21-22(12-20)28-16-27-21)24-13-17-6-8-19(9-7-17)15-26-14-18-4-2-1-3-5-18/h1-12H,13-16H2,(H,24,25). The SMILES string of the molecule is O=C(NCc1ccc(COCc2ccccc2)cc1)c1ccc2c(c1)OCO2. The Morgan fingerprint density at radius 3 is 2.29 bits per heavy atom. The van der Waals surface area contributed by atoms with Gasteiger partial charge in [-0.05, 0) is 34.9 Å². The van der Waals surface area contributed by atoms with Crippen LogP contribution in [0, 0.1) is 0 Å². The minimum absolute atomic E-state index is 0.145. The third-order valence-corrected chi connectivity index (χ3v) is 4.49. The van der Waals surface area contributed by atoms with Gasteiger partial charge >= 0.3 is 0 Å². The molecule has 0 saturated carbocycles. The highest BCUT2D eigenvalue weighted by Gasteiger charge is 2.16. The number of fused-ring (bicyclic) bond motifs is 1. The molecule has 4 rings (SSSR count). The molecule has 28 heavy (non-hydrogen) atoms. The number of hydrogen-bond donors (Lipinski definition) is 1. The molecule has 0 spiro atoms. The largest absolute Gasteiger partial charge is 0.454 e. The van der Waals surface area contributed by atoms with Crippen molar-refractivity contribution in [3.8, 4) is 11.5 Å². The third kappa shape index (κ3) is 4.50. The quantitative estimate of drug-likeness (QED) is 0.677. The van der Waals surface area contributed by atoms with Crippen molar-refractivity contribution in [3.63, 3.8) is 0 Å². The van der Waals surface area contributed by atoms with Crippen molar-refractivity contribution in [1.29, 1.82) is 0 Å².